The van der Waals surface area contributed by atoms with E-state index in [0.29, 0.717) is 19.4 Å². The van der Waals surface area contributed by atoms with E-state index in [0.717, 1.165) is 0 Å². The van der Waals surface area contributed by atoms with Gasteiger partial charge in [0.1, 0.15) is 6.04 Å². The Morgan fingerprint density at radius 3 is 2.94 bits per heavy atom. The van der Waals surface area contributed by atoms with E-state index >= 15 is 0 Å². The third-order valence-electron chi connectivity index (χ3n) is 2.55. The van der Waals surface area contributed by atoms with Crippen molar-refractivity contribution in [2.75, 3.05) is 6.54 Å². The van der Waals surface area contributed by atoms with E-state index in [2.05, 4.69) is 10.4 Å². The van der Waals surface area contributed by atoms with Gasteiger partial charge in [0.2, 0.25) is 5.91 Å². The summed E-state index contributed by atoms with van der Waals surface area (Å²) in [6.07, 6.45) is 4.37. The number of carbonyl (C=O) groups is 1. The second kappa shape index (κ2) is 6.27. The van der Waals surface area contributed by atoms with Crippen LogP contribution in [0.1, 0.15) is 32.7 Å². The third-order valence-corrected chi connectivity index (χ3v) is 2.55. The first-order chi connectivity index (χ1) is 7.65. The summed E-state index contributed by atoms with van der Waals surface area (Å²) in [6.45, 7) is 4.21. The van der Waals surface area contributed by atoms with Crippen LogP contribution in [0.3, 0.4) is 0 Å². The van der Waals surface area contributed by atoms with Gasteiger partial charge in [-0.15, -0.1) is 0 Å². The smallest absolute Gasteiger partial charge is 0.244 e. The Labute approximate surface area is 95.5 Å². The van der Waals surface area contributed by atoms with Crippen molar-refractivity contribution in [3.05, 3.63) is 18.5 Å². The predicted octanol–water partition coefficient (Wildman–Crippen LogP) is 0.721. The van der Waals surface area contributed by atoms with Crippen molar-refractivity contribution in [3.63, 3.8) is 0 Å². The fraction of sp³-hybridized carbons (Fsp3) is 0.636. The van der Waals surface area contributed by atoms with Crippen LogP contribution < -0.4 is 5.32 Å². The number of hydrogen-bond donors (Lipinski definition) is 2. The van der Waals surface area contributed by atoms with E-state index < -0.39 is 0 Å². The van der Waals surface area contributed by atoms with Gasteiger partial charge in [-0.2, -0.15) is 5.10 Å². The first kappa shape index (κ1) is 12.7. The van der Waals surface area contributed by atoms with Crippen molar-refractivity contribution in [2.45, 2.75) is 38.8 Å². The number of aromatic nitrogens is 2. The number of hydrogen-bond acceptors (Lipinski definition) is 3. The van der Waals surface area contributed by atoms with Gasteiger partial charge in [-0.05, 0) is 25.8 Å². The van der Waals surface area contributed by atoms with Crippen molar-refractivity contribution in [2.24, 2.45) is 0 Å². The average molecular weight is 225 g/mol. The maximum Gasteiger partial charge on any atom is 0.244 e. The molecule has 1 aromatic heterocycles. The van der Waals surface area contributed by atoms with Gasteiger partial charge < -0.3 is 10.4 Å². The molecule has 0 fully saturated rings. The Morgan fingerprint density at radius 1 is 1.62 bits per heavy atom. The molecule has 0 bridgehead atoms. The summed E-state index contributed by atoms with van der Waals surface area (Å²) >= 11 is 0. The zero-order valence-corrected chi connectivity index (χ0v) is 9.76. The van der Waals surface area contributed by atoms with E-state index in [1.54, 1.807) is 30.1 Å². The largest absolute Gasteiger partial charge is 0.393 e. The minimum absolute atomic E-state index is 0.0768. The summed E-state index contributed by atoms with van der Waals surface area (Å²) < 4.78 is 1.60. The number of carbonyl (C=O) groups excluding carboxylic acids is 1. The normalized spacial score (nSPS) is 14.4. The van der Waals surface area contributed by atoms with Crippen LogP contribution in [0, 0.1) is 0 Å². The molecule has 2 unspecified atom stereocenters. The molecule has 2 atom stereocenters. The lowest BCUT2D eigenvalue weighted by Gasteiger charge is -2.13. The van der Waals surface area contributed by atoms with Gasteiger partial charge in [0.25, 0.3) is 0 Å². The van der Waals surface area contributed by atoms with Gasteiger partial charge in [-0.1, -0.05) is 6.92 Å². The zero-order valence-electron chi connectivity index (χ0n) is 9.76. The van der Waals surface area contributed by atoms with Gasteiger partial charge in [-0.25, -0.2) is 0 Å². The molecule has 0 saturated heterocycles. The molecule has 16 heavy (non-hydrogen) atoms. The van der Waals surface area contributed by atoms with Crippen LogP contribution in [0.2, 0.25) is 0 Å². The minimum atomic E-state index is -0.333. The van der Waals surface area contributed by atoms with Crippen molar-refractivity contribution in [1.29, 1.82) is 0 Å². The third kappa shape index (κ3) is 3.66. The molecule has 0 radical (unpaired) electrons. The van der Waals surface area contributed by atoms with Crippen LogP contribution in [0.15, 0.2) is 18.5 Å². The number of amides is 1. The lowest BCUT2D eigenvalue weighted by atomic mass is 10.2. The molecule has 0 aliphatic heterocycles. The van der Waals surface area contributed by atoms with E-state index in [1.807, 2.05) is 6.92 Å². The van der Waals surface area contributed by atoms with Crippen molar-refractivity contribution in [1.82, 2.24) is 15.1 Å². The van der Waals surface area contributed by atoms with Crippen LogP contribution in [0.4, 0.5) is 0 Å². The molecule has 90 valence electrons. The van der Waals surface area contributed by atoms with Crippen LogP contribution in [0.25, 0.3) is 0 Å². The van der Waals surface area contributed by atoms with Gasteiger partial charge in [0.05, 0.1) is 6.10 Å². The number of aliphatic hydroxyl groups is 1. The topological polar surface area (TPSA) is 67.2 Å². The average Bonchev–Trinajstić information content (AvgIpc) is 2.81. The summed E-state index contributed by atoms with van der Waals surface area (Å²) in [6, 6.07) is 1.47. The van der Waals surface area contributed by atoms with Crippen molar-refractivity contribution in [3.8, 4) is 0 Å². The highest BCUT2D eigenvalue weighted by atomic mass is 16.3. The maximum atomic E-state index is 11.7. The van der Waals surface area contributed by atoms with Crippen LogP contribution in [0.5, 0.6) is 0 Å². The Morgan fingerprint density at radius 2 is 2.38 bits per heavy atom. The van der Waals surface area contributed by atoms with E-state index in [1.165, 1.54) is 0 Å². The number of nitrogens with one attached hydrogen (secondary N) is 1. The molecule has 1 amide bonds. The van der Waals surface area contributed by atoms with Gasteiger partial charge >= 0.3 is 0 Å². The quantitative estimate of drug-likeness (QED) is 0.749. The lowest BCUT2D eigenvalue weighted by Crippen LogP contribution is -2.33. The van der Waals surface area contributed by atoms with Gasteiger partial charge in [0, 0.05) is 18.9 Å². The summed E-state index contributed by atoms with van der Waals surface area (Å²) in [5.41, 5.74) is 0. The molecule has 1 aromatic rings. The standard InChI is InChI=1S/C11H19N3O2/c1-3-10(15)5-7-12-11(16)9(2)14-8-4-6-13-14/h4,6,8-10,15H,3,5,7H2,1-2H3,(H,12,16). The highest BCUT2D eigenvalue weighted by Crippen LogP contribution is 2.03. The fourth-order valence-corrected chi connectivity index (χ4v) is 1.34. The monoisotopic (exact) mass is 225 g/mol. The number of aliphatic hydroxyl groups excluding tert-OH is 1. The molecule has 0 spiro atoms. The molecular weight excluding hydrogens is 206 g/mol. The second-order valence-electron chi connectivity index (χ2n) is 3.80. The van der Waals surface area contributed by atoms with Crippen LogP contribution in [-0.2, 0) is 4.79 Å². The van der Waals surface area contributed by atoms with E-state index in [9.17, 15) is 9.90 Å². The molecule has 1 heterocycles. The van der Waals surface area contributed by atoms with Gasteiger partial charge in [0.15, 0.2) is 0 Å². The highest BCUT2D eigenvalue weighted by Gasteiger charge is 2.14. The fourth-order valence-electron chi connectivity index (χ4n) is 1.34. The van der Waals surface area contributed by atoms with E-state index in [-0.39, 0.29) is 18.1 Å². The highest BCUT2D eigenvalue weighted by molar-refractivity contribution is 5.79. The molecule has 0 aliphatic rings. The van der Waals surface area contributed by atoms with Crippen LogP contribution >= 0.6 is 0 Å². The molecule has 5 heteroatoms. The molecular formula is C11H19N3O2. The summed E-state index contributed by atoms with van der Waals surface area (Å²) in [5, 5.41) is 16.1. The summed E-state index contributed by atoms with van der Waals surface area (Å²) in [7, 11) is 0. The molecule has 1 rings (SSSR count). The maximum absolute atomic E-state index is 11.7. The lowest BCUT2D eigenvalue weighted by molar-refractivity contribution is -0.124. The molecule has 0 aromatic carbocycles. The van der Waals surface area contributed by atoms with E-state index in [4.69, 9.17) is 0 Å². The molecule has 2 N–H and O–H groups in total. The Balaban J connectivity index is 2.30. The second-order valence-corrected chi connectivity index (χ2v) is 3.80. The van der Waals surface area contributed by atoms with Crippen molar-refractivity contribution < 1.29 is 9.90 Å². The first-order valence-electron chi connectivity index (χ1n) is 5.60. The minimum Gasteiger partial charge on any atom is -0.393 e. The number of rotatable bonds is 6. The summed E-state index contributed by atoms with van der Waals surface area (Å²) in [5.74, 6) is -0.0768. The molecule has 0 aliphatic carbocycles. The van der Waals surface area contributed by atoms with Crippen molar-refractivity contribution >= 4 is 5.91 Å². The Hall–Kier alpha value is -1.36. The molecule has 0 saturated carbocycles. The van der Waals surface area contributed by atoms with Gasteiger partial charge in [-0.3, -0.25) is 9.48 Å². The summed E-state index contributed by atoms with van der Waals surface area (Å²) in [4.78, 5) is 11.7. The zero-order chi connectivity index (χ0) is 12.0. The van der Waals surface area contributed by atoms with Crippen LogP contribution in [-0.4, -0.2) is 33.4 Å². The Bertz CT molecular complexity index is 311. The first-order valence-corrected chi connectivity index (χ1v) is 5.60. The Kier molecular flexibility index (Phi) is 4.98. The molecule has 5 nitrogen and oxygen atoms in total. The number of nitrogens with zero attached hydrogens (tertiary/aromatic N) is 2. The predicted molar refractivity (Wildman–Crippen MR) is 60.9 cm³/mol. The SMILES string of the molecule is CCC(O)CCNC(=O)C(C)n1cccn1.